The summed E-state index contributed by atoms with van der Waals surface area (Å²) < 4.78 is 0. The Kier molecular flexibility index (Phi) is 4.09. The van der Waals surface area contributed by atoms with Crippen LogP contribution in [0.4, 0.5) is 0 Å². The number of pyridine rings is 1. The Bertz CT molecular complexity index is 335. The Hall–Kier alpha value is -1.09. The second kappa shape index (κ2) is 5.12. The Morgan fingerprint density at radius 1 is 1.53 bits per heavy atom. The number of aromatic nitrogens is 1. The average Bonchev–Trinajstić information content (AvgIpc) is 2.15. The Labute approximate surface area is 94.1 Å². The zero-order valence-corrected chi connectivity index (χ0v) is 9.53. The van der Waals surface area contributed by atoms with Gasteiger partial charge in [0.25, 0.3) is 0 Å². The summed E-state index contributed by atoms with van der Waals surface area (Å²) >= 11 is 5.65. The molecule has 1 rings (SSSR count). The molecule has 0 aliphatic heterocycles. The van der Waals surface area contributed by atoms with E-state index in [2.05, 4.69) is 4.98 Å². The highest BCUT2D eigenvalue weighted by Crippen LogP contribution is 2.17. The minimum Gasteiger partial charge on any atom is -0.481 e. The van der Waals surface area contributed by atoms with Gasteiger partial charge in [0.2, 0.25) is 0 Å². The number of halogens is 1. The molecule has 0 spiro atoms. The molecule has 0 bridgehead atoms. The molecule has 0 radical (unpaired) electrons. The maximum absolute atomic E-state index is 11.0. The highest BCUT2D eigenvalue weighted by atomic mass is 35.5. The van der Waals surface area contributed by atoms with Crippen LogP contribution in [0.1, 0.15) is 19.4 Å². The van der Waals surface area contributed by atoms with E-state index in [1.54, 1.807) is 12.3 Å². The third kappa shape index (κ3) is 3.51. The highest BCUT2D eigenvalue weighted by molar-refractivity contribution is 6.29. The third-order valence-electron chi connectivity index (χ3n) is 2.37. The van der Waals surface area contributed by atoms with Crippen LogP contribution in [0.3, 0.4) is 0 Å². The lowest BCUT2D eigenvalue weighted by molar-refractivity contribution is -0.143. The van der Waals surface area contributed by atoms with Gasteiger partial charge in [-0.1, -0.05) is 31.5 Å². The van der Waals surface area contributed by atoms with Crippen molar-refractivity contribution in [2.75, 3.05) is 0 Å². The van der Waals surface area contributed by atoms with Crippen LogP contribution in [-0.4, -0.2) is 16.1 Å². The van der Waals surface area contributed by atoms with Gasteiger partial charge < -0.3 is 5.11 Å². The van der Waals surface area contributed by atoms with Crippen molar-refractivity contribution in [2.45, 2.75) is 20.3 Å². The summed E-state index contributed by atoms with van der Waals surface area (Å²) in [7, 11) is 0. The molecule has 0 saturated carbocycles. The first-order valence-electron chi connectivity index (χ1n) is 4.84. The molecule has 0 saturated heterocycles. The van der Waals surface area contributed by atoms with Crippen molar-refractivity contribution in [1.82, 2.24) is 4.98 Å². The summed E-state index contributed by atoms with van der Waals surface area (Å²) in [6, 6.07) is 3.49. The number of aliphatic carboxylic acids is 1. The zero-order chi connectivity index (χ0) is 11.4. The second-order valence-corrected chi connectivity index (χ2v) is 4.27. The maximum Gasteiger partial charge on any atom is 0.307 e. The molecule has 0 aromatic carbocycles. The smallest absolute Gasteiger partial charge is 0.307 e. The number of carbonyl (C=O) groups is 1. The molecule has 1 aromatic heterocycles. The van der Waals surface area contributed by atoms with Crippen molar-refractivity contribution in [2.24, 2.45) is 11.8 Å². The quantitative estimate of drug-likeness (QED) is 0.805. The van der Waals surface area contributed by atoms with Crippen LogP contribution < -0.4 is 0 Å². The molecule has 15 heavy (non-hydrogen) atoms. The van der Waals surface area contributed by atoms with Gasteiger partial charge in [-0.15, -0.1) is 0 Å². The van der Waals surface area contributed by atoms with E-state index < -0.39 is 5.97 Å². The first-order chi connectivity index (χ1) is 7.00. The molecular weight excluding hydrogens is 214 g/mol. The van der Waals surface area contributed by atoms with E-state index in [9.17, 15) is 4.79 Å². The van der Waals surface area contributed by atoms with Gasteiger partial charge in [0.1, 0.15) is 5.15 Å². The summed E-state index contributed by atoms with van der Waals surface area (Å²) in [5.74, 6) is -1.02. The number of hydrogen-bond donors (Lipinski definition) is 1. The normalized spacial score (nSPS) is 12.8. The molecule has 1 atom stereocenters. The molecule has 0 fully saturated rings. The lowest BCUT2D eigenvalue weighted by atomic mass is 9.90. The predicted molar refractivity (Wildman–Crippen MR) is 58.9 cm³/mol. The minimum absolute atomic E-state index is 0.109. The van der Waals surface area contributed by atoms with Crippen LogP contribution >= 0.6 is 11.6 Å². The average molecular weight is 228 g/mol. The van der Waals surface area contributed by atoms with Crippen molar-refractivity contribution < 1.29 is 9.90 Å². The lowest BCUT2D eigenvalue weighted by Crippen LogP contribution is -2.22. The third-order valence-corrected chi connectivity index (χ3v) is 2.59. The predicted octanol–water partition coefficient (Wildman–Crippen LogP) is 2.63. The molecule has 0 aliphatic rings. The largest absolute Gasteiger partial charge is 0.481 e. The minimum atomic E-state index is -0.764. The van der Waals surface area contributed by atoms with E-state index in [0.717, 1.165) is 5.56 Å². The van der Waals surface area contributed by atoms with Crippen molar-refractivity contribution in [3.05, 3.63) is 29.0 Å². The fourth-order valence-corrected chi connectivity index (χ4v) is 1.50. The van der Waals surface area contributed by atoms with E-state index in [1.807, 2.05) is 19.9 Å². The molecule has 4 heteroatoms. The number of nitrogens with zero attached hydrogens (tertiary/aromatic N) is 1. The van der Waals surface area contributed by atoms with Gasteiger partial charge in [-0.3, -0.25) is 4.79 Å². The maximum atomic E-state index is 11.0. The fraction of sp³-hybridized carbons (Fsp3) is 0.455. The fourth-order valence-electron chi connectivity index (χ4n) is 1.39. The van der Waals surface area contributed by atoms with Crippen LogP contribution in [0.25, 0.3) is 0 Å². The van der Waals surface area contributed by atoms with Crippen molar-refractivity contribution >= 4 is 17.6 Å². The number of carboxylic acids is 1. The van der Waals surface area contributed by atoms with Gasteiger partial charge in [-0.05, 0) is 24.0 Å². The molecule has 1 aromatic rings. The van der Waals surface area contributed by atoms with E-state index in [0.29, 0.717) is 11.6 Å². The monoisotopic (exact) mass is 227 g/mol. The molecule has 0 amide bonds. The topological polar surface area (TPSA) is 50.2 Å². The summed E-state index contributed by atoms with van der Waals surface area (Å²) in [4.78, 5) is 14.9. The number of rotatable bonds is 4. The summed E-state index contributed by atoms with van der Waals surface area (Å²) in [6.45, 7) is 3.81. The van der Waals surface area contributed by atoms with Crippen molar-refractivity contribution in [1.29, 1.82) is 0 Å². The Morgan fingerprint density at radius 3 is 2.60 bits per heavy atom. The number of hydrogen-bond acceptors (Lipinski definition) is 2. The standard InChI is InChI=1S/C11H14ClNO2/c1-7(2)9(11(14)15)5-8-3-4-10(12)13-6-8/h3-4,6-7,9H,5H2,1-2H3,(H,14,15). The molecule has 1 unspecified atom stereocenters. The summed E-state index contributed by atoms with van der Waals surface area (Å²) in [5, 5.41) is 9.44. The van der Waals surface area contributed by atoms with Crippen LogP contribution in [0.15, 0.2) is 18.3 Å². The molecule has 0 aliphatic carbocycles. The van der Waals surface area contributed by atoms with Gasteiger partial charge in [-0.2, -0.15) is 0 Å². The summed E-state index contributed by atoms with van der Waals surface area (Å²) in [6.07, 6.45) is 2.12. The summed E-state index contributed by atoms with van der Waals surface area (Å²) in [5.41, 5.74) is 0.903. The molecule has 1 N–H and O–H groups in total. The number of carboxylic acid groups (broad SMARTS) is 1. The lowest BCUT2D eigenvalue weighted by Gasteiger charge is -2.15. The zero-order valence-electron chi connectivity index (χ0n) is 8.77. The molecule has 82 valence electrons. The molecule has 3 nitrogen and oxygen atoms in total. The van der Waals surface area contributed by atoms with Gasteiger partial charge in [0.15, 0.2) is 0 Å². The first kappa shape index (κ1) is 12.0. The molecular formula is C11H14ClNO2. The Balaban J connectivity index is 2.74. The van der Waals surface area contributed by atoms with E-state index >= 15 is 0 Å². The Morgan fingerprint density at radius 2 is 2.20 bits per heavy atom. The highest BCUT2D eigenvalue weighted by Gasteiger charge is 2.21. The molecule has 1 heterocycles. The van der Waals surface area contributed by atoms with Gasteiger partial charge >= 0.3 is 5.97 Å². The first-order valence-corrected chi connectivity index (χ1v) is 5.21. The van der Waals surface area contributed by atoms with Gasteiger partial charge in [-0.25, -0.2) is 4.98 Å². The second-order valence-electron chi connectivity index (χ2n) is 3.88. The SMILES string of the molecule is CC(C)C(Cc1ccc(Cl)nc1)C(=O)O. The van der Waals surface area contributed by atoms with Crippen LogP contribution in [0.5, 0.6) is 0 Å². The van der Waals surface area contributed by atoms with Gasteiger partial charge in [0, 0.05) is 6.20 Å². The van der Waals surface area contributed by atoms with E-state index in [4.69, 9.17) is 16.7 Å². The van der Waals surface area contributed by atoms with E-state index in [-0.39, 0.29) is 11.8 Å². The van der Waals surface area contributed by atoms with Crippen molar-refractivity contribution in [3.8, 4) is 0 Å². The van der Waals surface area contributed by atoms with Gasteiger partial charge in [0.05, 0.1) is 5.92 Å². The van der Waals surface area contributed by atoms with Crippen LogP contribution in [-0.2, 0) is 11.2 Å². The van der Waals surface area contributed by atoms with Crippen molar-refractivity contribution in [3.63, 3.8) is 0 Å². The van der Waals surface area contributed by atoms with Crippen LogP contribution in [0, 0.1) is 11.8 Å². The van der Waals surface area contributed by atoms with E-state index in [1.165, 1.54) is 0 Å². The van der Waals surface area contributed by atoms with Crippen LogP contribution in [0.2, 0.25) is 5.15 Å².